The maximum Gasteiger partial charge on any atom is 0.253 e. The van der Waals surface area contributed by atoms with E-state index in [0.29, 0.717) is 51.3 Å². The number of likely N-dealkylation sites (tertiary alicyclic amines) is 1. The van der Waals surface area contributed by atoms with E-state index in [4.69, 9.17) is 4.74 Å². The molecule has 1 spiro atoms. The molecule has 0 bridgehead atoms. The Hall–Kier alpha value is -4.17. The molecule has 39 heavy (non-hydrogen) atoms. The molecule has 3 aromatic rings. The van der Waals surface area contributed by atoms with E-state index in [9.17, 15) is 14.4 Å². The molecule has 0 aromatic heterocycles. The Labute approximate surface area is 229 Å². The lowest BCUT2D eigenvalue weighted by atomic mass is 9.85. The monoisotopic (exact) mass is 526 g/mol. The summed E-state index contributed by atoms with van der Waals surface area (Å²) in [5, 5.41) is 2.80. The van der Waals surface area contributed by atoms with E-state index in [2.05, 4.69) is 10.2 Å². The molecule has 0 saturated carbocycles. The van der Waals surface area contributed by atoms with Crippen LogP contribution in [0, 0.1) is 0 Å². The summed E-state index contributed by atoms with van der Waals surface area (Å²) in [5.74, 6) is -0.305. The lowest BCUT2D eigenvalue weighted by Gasteiger charge is -2.43. The van der Waals surface area contributed by atoms with Gasteiger partial charge in [-0.25, -0.2) is 0 Å². The van der Waals surface area contributed by atoms with Gasteiger partial charge < -0.3 is 24.8 Å². The number of para-hydroxylation sites is 1. The molecule has 5 rings (SSSR count). The predicted octanol–water partition coefficient (Wildman–Crippen LogP) is 3.40. The lowest BCUT2D eigenvalue weighted by molar-refractivity contribution is -0.137. The number of benzene rings is 3. The van der Waals surface area contributed by atoms with Crippen molar-refractivity contribution >= 4 is 23.4 Å². The minimum atomic E-state index is -0.790. The minimum absolute atomic E-state index is 0.00988. The molecule has 2 aliphatic heterocycles. The van der Waals surface area contributed by atoms with Gasteiger partial charge in [0.15, 0.2) is 0 Å². The molecule has 0 atom stereocenters. The fourth-order valence-electron chi connectivity index (χ4n) is 5.54. The predicted molar refractivity (Wildman–Crippen MR) is 150 cm³/mol. The molecule has 2 aliphatic rings. The van der Waals surface area contributed by atoms with Gasteiger partial charge in [0.25, 0.3) is 11.8 Å². The summed E-state index contributed by atoms with van der Waals surface area (Å²) < 4.78 is 5.00. The number of hydrogen-bond acceptors (Lipinski definition) is 5. The van der Waals surface area contributed by atoms with Gasteiger partial charge in [-0.3, -0.25) is 14.4 Å². The molecule has 202 valence electrons. The molecule has 3 aromatic carbocycles. The van der Waals surface area contributed by atoms with Crippen molar-refractivity contribution in [3.63, 3.8) is 0 Å². The van der Waals surface area contributed by atoms with Crippen LogP contribution >= 0.6 is 0 Å². The van der Waals surface area contributed by atoms with Crippen LogP contribution in [0.15, 0.2) is 84.9 Å². The molecule has 0 radical (unpaired) electrons. The molecule has 1 N–H and O–H groups in total. The molecule has 2 heterocycles. The number of nitrogens with zero attached hydrogens (tertiary/aromatic N) is 3. The number of nitrogens with one attached hydrogen (secondary N) is 1. The van der Waals surface area contributed by atoms with E-state index in [-0.39, 0.29) is 24.3 Å². The Morgan fingerprint density at radius 1 is 0.872 bits per heavy atom. The second-order valence-electron chi connectivity index (χ2n) is 10.0. The number of carbonyl (C=O) groups excluding carboxylic acids is 3. The Morgan fingerprint density at radius 2 is 1.49 bits per heavy atom. The number of rotatable bonds is 8. The van der Waals surface area contributed by atoms with Crippen molar-refractivity contribution in [2.45, 2.75) is 18.4 Å². The summed E-state index contributed by atoms with van der Waals surface area (Å²) in [5.41, 5.74) is 2.95. The zero-order valence-electron chi connectivity index (χ0n) is 22.2. The number of ether oxygens (including phenoxy) is 1. The smallest absolute Gasteiger partial charge is 0.253 e. The van der Waals surface area contributed by atoms with Gasteiger partial charge in [0, 0.05) is 38.0 Å². The fourth-order valence-corrected chi connectivity index (χ4v) is 5.54. The number of carbonyl (C=O) groups is 3. The lowest BCUT2D eigenvalue weighted by Crippen LogP contribution is -2.57. The molecule has 8 heteroatoms. The second-order valence-corrected chi connectivity index (χ2v) is 10.0. The topological polar surface area (TPSA) is 82.2 Å². The molecule has 0 aliphatic carbocycles. The highest BCUT2D eigenvalue weighted by Crippen LogP contribution is 2.39. The van der Waals surface area contributed by atoms with E-state index < -0.39 is 5.54 Å². The molecular formula is C31H34N4O4. The van der Waals surface area contributed by atoms with Crippen LogP contribution in [0.25, 0.3) is 11.1 Å². The summed E-state index contributed by atoms with van der Waals surface area (Å²) in [7, 11) is 1.58. The summed E-state index contributed by atoms with van der Waals surface area (Å²) in [6.45, 7) is 2.05. The van der Waals surface area contributed by atoms with Crippen LogP contribution in [-0.2, 0) is 14.3 Å². The van der Waals surface area contributed by atoms with E-state index in [1.54, 1.807) is 12.0 Å². The van der Waals surface area contributed by atoms with Gasteiger partial charge >= 0.3 is 0 Å². The highest BCUT2D eigenvalue weighted by atomic mass is 16.5. The Kier molecular flexibility index (Phi) is 7.93. The maximum absolute atomic E-state index is 13.8. The minimum Gasteiger partial charge on any atom is -0.383 e. The highest BCUT2D eigenvalue weighted by molar-refractivity contribution is 5.98. The van der Waals surface area contributed by atoms with Gasteiger partial charge in [-0.05, 0) is 48.2 Å². The first-order valence-corrected chi connectivity index (χ1v) is 13.3. The average Bonchev–Trinajstić information content (AvgIpc) is 3.24. The van der Waals surface area contributed by atoms with Crippen molar-refractivity contribution in [3.8, 4) is 11.1 Å². The van der Waals surface area contributed by atoms with Gasteiger partial charge in [-0.15, -0.1) is 0 Å². The normalized spacial score (nSPS) is 16.5. The Bertz CT molecular complexity index is 1290. The first-order chi connectivity index (χ1) is 19.0. The van der Waals surface area contributed by atoms with Crippen LogP contribution in [0.1, 0.15) is 23.2 Å². The maximum atomic E-state index is 13.8. The van der Waals surface area contributed by atoms with Crippen LogP contribution in [0.2, 0.25) is 0 Å². The SMILES string of the molecule is COCCNC(=O)CN1CN(c2ccccc2)C2(CCN(C(=O)c3ccc(-c4ccccc4)cc3)CC2)C1=O. The Balaban J connectivity index is 1.29. The van der Waals surface area contributed by atoms with Crippen molar-refractivity contribution in [1.82, 2.24) is 15.1 Å². The Morgan fingerprint density at radius 3 is 2.13 bits per heavy atom. The van der Waals surface area contributed by atoms with Gasteiger partial charge in [-0.2, -0.15) is 0 Å². The second kappa shape index (κ2) is 11.7. The molecule has 2 fully saturated rings. The van der Waals surface area contributed by atoms with Crippen molar-refractivity contribution in [2.24, 2.45) is 0 Å². The zero-order chi connectivity index (χ0) is 27.2. The number of piperidine rings is 1. The molecule has 8 nitrogen and oxygen atoms in total. The van der Waals surface area contributed by atoms with E-state index in [1.807, 2.05) is 89.8 Å². The first kappa shape index (κ1) is 26.4. The standard InChI is InChI=1S/C31H34N4O4/c1-39-21-18-32-28(36)22-34-23-35(27-10-6-3-7-11-27)31(30(34)38)16-19-33(20-17-31)29(37)26-14-12-25(13-15-26)24-8-4-2-5-9-24/h2-15H,16-23H2,1H3,(H,32,36). The number of hydrogen-bond donors (Lipinski definition) is 1. The van der Waals surface area contributed by atoms with Crippen LogP contribution < -0.4 is 10.2 Å². The van der Waals surface area contributed by atoms with Crippen LogP contribution in [0.3, 0.4) is 0 Å². The fraction of sp³-hybridized carbons (Fsp3) is 0.323. The number of methoxy groups -OCH3 is 1. The van der Waals surface area contributed by atoms with Gasteiger partial charge in [-0.1, -0.05) is 60.7 Å². The van der Waals surface area contributed by atoms with Gasteiger partial charge in [0.2, 0.25) is 5.91 Å². The quantitative estimate of drug-likeness (QED) is 0.455. The van der Waals surface area contributed by atoms with E-state index >= 15 is 0 Å². The van der Waals surface area contributed by atoms with Crippen molar-refractivity contribution in [3.05, 3.63) is 90.5 Å². The summed E-state index contributed by atoms with van der Waals surface area (Å²) >= 11 is 0. The van der Waals surface area contributed by atoms with Crippen molar-refractivity contribution in [2.75, 3.05) is 51.5 Å². The molecular weight excluding hydrogens is 492 g/mol. The van der Waals surface area contributed by atoms with Crippen LogP contribution in [0.5, 0.6) is 0 Å². The van der Waals surface area contributed by atoms with Crippen molar-refractivity contribution in [1.29, 1.82) is 0 Å². The molecule has 3 amide bonds. The highest BCUT2D eigenvalue weighted by Gasteiger charge is 2.54. The zero-order valence-corrected chi connectivity index (χ0v) is 22.2. The largest absolute Gasteiger partial charge is 0.383 e. The average molecular weight is 527 g/mol. The third-order valence-electron chi connectivity index (χ3n) is 7.66. The van der Waals surface area contributed by atoms with Gasteiger partial charge in [0.1, 0.15) is 12.1 Å². The van der Waals surface area contributed by atoms with E-state index in [0.717, 1.165) is 16.8 Å². The van der Waals surface area contributed by atoms with Crippen molar-refractivity contribution < 1.29 is 19.1 Å². The third-order valence-corrected chi connectivity index (χ3v) is 7.66. The van der Waals surface area contributed by atoms with Crippen LogP contribution in [0.4, 0.5) is 5.69 Å². The number of anilines is 1. The summed E-state index contributed by atoms with van der Waals surface area (Å²) in [6, 6.07) is 27.6. The van der Waals surface area contributed by atoms with Crippen LogP contribution in [-0.4, -0.2) is 79.6 Å². The summed E-state index contributed by atoms with van der Waals surface area (Å²) in [6.07, 6.45) is 0.993. The summed E-state index contributed by atoms with van der Waals surface area (Å²) in [4.78, 5) is 45.3. The molecule has 2 saturated heterocycles. The molecule has 0 unspecified atom stereocenters. The number of amides is 3. The first-order valence-electron chi connectivity index (χ1n) is 13.3. The van der Waals surface area contributed by atoms with Gasteiger partial charge in [0.05, 0.1) is 13.3 Å². The third kappa shape index (κ3) is 5.52. The van der Waals surface area contributed by atoms with E-state index in [1.165, 1.54) is 0 Å².